The Morgan fingerprint density at radius 2 is 1.77 bits per heavy atom. The highest BCUT2D eigenvalue weighted by Crippen LogP contribution is 2.24. The molecule has 0 N–H and O–H groups in total. The summed E-state index contributed by atoms with van der Waals surface area (Å²) in [5, 5.41) is 1.07. The molecule has 0 spiro atoms. The standard InChI is InChI=1S/C22H24N2OS/c25-22(11-10-21-23-19-8-4-5-9-20(19)26-21)24-14-12-18(13-15-24)16-17-6-2-1-3-7-17/h1-9,18H,10-16H2. The van der Waals surface area contributed by atoms with Crippen LogP contribution in [0.5, 0.6) is 0 Å². The zero-order chi connectivity index (χ0) is 17.8. The summed E-state index contributed by atoms with van der Waals surface area (Å²) in [4.78, 5) is 19.2. The minimum absolute atomic E-state index is 0.280. The second kappa shape index (κ2) is 8.00. The molecular weight excluding hydrogens is 340 g/mol. The number of carbonyl (C=O) groups excluding carboxylic acids is 1. The molecule has 1 aromatic heterocycles. The van der Waals surface area contributed by atoms with Crippen LogP contribution in [0.4, 0.5) is 0 Å². The molecule has 0 radical (unpaired) electrons. The summed E-state index contributed by atoms with van der Waals surface area (Å²) in [6, 6.07) is 18.9. The molecule has 134 valence electrons. The largest absolute Gasteiger partial charge is 0.343 e. The molecule has 4 rings (SSSR count). The molecule has 1 aliphatic heterocycles. The molecule has 3 aromatic rings. The van der Waals surface area contributed by atoms with Crippen molar-refractivity contribution in [3.05, 3.63) is 65.2 Å². The van der Waals surface area contributed by atoms with E-state index in [4.69, 9.17) is 0 Å². The number of rotatable bonds is 5. The SMILES string of the molecule is O=C(CCc1nc2ccccc2s1)N1CCC(Cc2ccccc2)CC1. The zero-order valence-corrected chi connectivity index (χ0v) is 15.8. The second-order valence-corrected chi connectivity index (χ2v) is 8.20. The first-order chi connectivity index (χ1) is 12.8. The molecule has 0 aliphatic carbocycles. The third kappa shape index (κ3) is 4.13. The monoisotopic (exact) mass is 364 g/mol. The van der Waals surface area contributed by atoms with Crippen LogP contribution in [0.15, 0.2) is 54.6 Å². The van der Waals surface area contributed by atoms with Crippen molar-refractivity contribution in [1.82, 2.24) is 9.88 Å². The lowest BCUT2D eigenvalue weighted by atomic mass is 9.90. The first kappa shape index (κ1) is 17.2. The number of hydrogen-bond donors (Lipinski definition) is 0. The summed E-state index contributed by atoms with van der Waals surface area (Å²) < 4.78 is 1.21. The summed E-state index contributed by atoms with van der Waals surface area (Å²) in [6.45, 7) is 1.80. The summed E-state index contributed by atoms with van der Waals surface area (Å²) in [5.41, 5.74) is 2.45. The van der Waals surface area contributed by atoms with Gasteiger partial charge < -0.3 is 4.90 Å². The predicted octanol–water partition coefficient (Wildman–Crippen LogP) is 4.71. The zero-order valence-electron chi connectivity index (χ0n) is 14.9. The van der Waals surface area contributed by atoms with E-state index in [-0.39, 0.29) is 5.91 Å². The average molecular weight is 365 g/mol. The molecule has 1 aliphatic rings. The number of benzene rings is 2. The highest BCUT2D eigenvalue weighted by molar-refractivity contribution is 7.18. The Morgan fingerprint density at radius 3 is 2.54 bits per heavy atom. The summed E-state index contributed by atoms with van der Waals surface area (Å²) >= 11 is 1.71. The van der Waals surface area contributed by atoms with E-state index in [2.05, 4.69) is 46.3 Å². The number of nitrogens with zero attached hydrogens (tertiary/aromatic N) is 2. The van der Waals surface area contributed by atoms with Gasteiger partial charge in [0.2, 0.25) is 5.91 Å². The maximum Gasteiger partial charge on any atom is 0.222 e. The number of piperidine rings is 1. The fraction of sp³-hybridized carbons (Fsp3) is 0.364. The van der Waals surface area contributed by atoms with Crippen LogP contribution in [0.25, 0.3) is 10.2 Å². The van der Waals surface area contributed by atoms with Crippen LogP contribution >= 0.6 is 11.3 Å². The number of hydrogen-bond acceptors (Lipinski definition) is 3. The van der Waals surface area contributed by atoms with E-state index < -0.39 is 0 Å². The van der Waals surface area contributed by atoms with Crippen LogP contribution < -0.4 is 0 Å². The van der Waals surface area contributed by atoms with E-state index in [0.717, 1.165) is 49.3 Å². The Kier molecular flexibility index (Phi) is 5.30. The highest BCUT2D eigenvalue weighted by atomic mass is 32.1. The smallest absolute Gasteiger partial charge is 0.222 e. The van der Waals surface area contributed by atoms with E-state index in [1.165, 1.54) is 10.3 Å². The molecule has 4 heteroatoms. The molecule has 1 saturated heterocycles. The predicted molar refractivity (Wildman–Crippen MR) is 107 cm³/mol. The van der Waals surface area contributed by atoms with Crippen LogP contribution in [0, 0.1) is 5.92 Å². The fourth-order valence-electron chi connectivity index (χ4n) is 3.73. The van der Waals surface area contributed by atoms with E-state index in [1.807, 2.05) is 18.2 Å². The van der Waals surface area contributed by atoms with Gasteiger partial charge in [-0.15, -0.1) is 11.3 Å². The van der Waals surface area contributed by atoms with E-state index in [0.29, 0.717) is 12.3 Å². The van der Waals surface area contributed by atoms with Crippen molar-refractivity contribution in [3.8, 4) is 0 Å². The fourth-order valence-corrected chi connectivity index (χ4v) is 4.70. The average Bonchev–Trinajstić information content (AvgIpc) is 3.10. The number of aryl methyl sites for hydroxylation is 1. The molecule has 2 heterocycles. The van der Waals surface area contributed by atoms with Gasteiger partial charge in [-0.1, -0.05) is 42.5 Å². The van der Waals surface area contributed by atoms with Gasteiger partial charge in [0, 0.05) is 25.9 Å². The van der Waals surface area contributed by atoms with Crippen LogP contribution in [-0.2, 0) is 17.6 Å². The summed E-state index contributed by atoms with van der Waals surface area (Å²) in [7, 11) is 0. The van der Waals surface area contributed by atoms with Gasteiger partial charge in [-0.25, -0.2) is 4.98 Å². The number of amides is 1. The lowest BCUT2D eigenvalue weighted by Gasteiger charge is -2.32. The Labute approximate surface area is 158 Å². The lowest BCUT2D eigenvalue weighted by Crippen LogP contribution is -2.39. The molecule has 0 bridgehead atoms. The summed E-state index contributed by atoms with van der Waals surface area (Å²) in [5.74, 6) is 0.980. The normalized spacial score (nSPS) is 15.5. The molecule has 2 aromatic carbocycles. The van der Waals surface area contributed by atoms with Crippen molar-refractivity contribution in [3.63, 3.8) is 0 Å². The van der Waals surface area contributed by atoms with E-state index in [1.54, 1.807) is 11.3 Å². The van der Waals surface area contributed by atoms with Gasteiger partial charge in [-0.3, -0.25) is 4.79 Å². The number of thiazole rings is 1. The second-order valence-electron chi connectivity index (χ2n) is 7.09. The molecule has 0 saturated carbocycles. The first-order valence-corrected chi connectivity index (χ1v) is 10.3. The van der Waals surface area contributed by atoms with Crippen molar-refractivity contribution in [2.45, 2.75) is 32.1 Å². The van der Waals surface area contributed by atoms with E-state index >= 15 is 0 Å². The molecule has 26 heavy (non-hydrogen) atoms. The molecular formula is C22H24N2OS. The number of carbonyl (C=O) groups is 1. The van der Waals surface area contributed by atoms with Gasteiger partial charge in [-0.05, 0) is 42.9 Å². The Hall–Kier alpha value is -2.20. The lowest BCUT2D eigenvalue weighted by molar-refractivity contribution is -0.132. The van der Waals surface area contributed by atoms with Crippen molar-refractivity contribution in [2.24, 2.45) is 5.92 Å². The maximum absolute atomic E-state index is 12.6. The van der Waals surface area contributed by atoms with Gasteiger partial charge >= 0.3 is 0 Å². The third-order valence-electron chi connectivity index (χ3n) is 5.23. The summed E-state index contributed by atoms with van der Waals surface area (Å²) in [6.07, 6.45) is 4.68. The molecule has 3 nitrogen and oxygen atoms in total. The van der Waals surface area contributed by atoms with Gasteiger partial charge in [-0.2, -0.15) is 0 Å². The molecule has 1 amide bonds. The van der Waals surface area contributed by atoms with Crippen LogP contribution in [0.2, 0.25) is 0 Å². The van der Waals surface area contributed by atoms with E-state index in [9.17, 15) is 4.79 Å². The molecule has 0 unspecified atom stereocenters. The van der Waals surface area contributed by atoms with Crippen molar-refractivity contribution >= 4 is 27.5 Å². The number of para-hydroxylation sites is 1. The number of likely N-dealkylation sites (tertiary alicyclic amines) is 1. The number of fused-ring (bicyclic) bond motifs is 1. The Morgan fingerprint density at radius 1 is 1.04 bits per heavy atom. The Balaban J connectivity index is 1.25. The van der Waals surface area contributed by atoms with Gasteiger partial charge in [0.05, 0.1) is 15.2 Å². The van der Waals surface area contributed by atoms with Gasteiger partial charge in [0.15, 0.2) is 0 Å². The van der Waals surface area contributed by atoms with Gasteiger partial charge in [0.1, 0.15) is 0 Å². The van der Waals surface area contributed by atoms with Crippen LogP contribution in [0.1, 0.15) is 29.8 Å². The maximum atomic E-state index is 12.6. The first-order valence-electron chi connectivity index (χ1n) is 9.44. The van der Waals surface area contributed by atoms with Crippen LogP contribution in [0.3, 0.4) is 0 Å². The topological polar surface area (TPSA) is 33.2 Å². The number of aromatic nitrogens is 1. The Bertz CT molecular complexity index is 833. The minimum Gasteiger partial charge on any atom is -0.343 e. The molecule has 0 atom stereocenters. The minimum atomic E-state index is 0.280. The molecule has 1 fully saturated rings. The van der Waals surface area contributed by atoms with Gasteiger partial charge in [0.25, 0.3) is 0 Å². The van der Waals surface area contributed by atoms with Crippen molar-refractivity contribution in [2.75, 3.05) is 13.1 Å². The quantitative estimate of drug-likeness (QED) is 0.657. The van der Waals surface area contributed by atoms with Crippen molar-refractivity contribution < 1.29 is 4.79 Å². The van der Waals surface area contributed by atoms with Crippen LogP contribution in [-0.4, -0.2) is 28.9 Å². The van der Waals surface area contributed by atoms with Crippen molar-refractivity contribution in [1.29, 1.82) is 0 Å². The third-order valence-corrected chi connectivity index (χ3v) is 6.32. The highest BCUT2D eigenvalue weighted by Gasteiger charge is 2.23.